The van der Waals surface area contributed by atoms with Gasteiger partial charge in [-0.15, -0.1) is 18.3 Å². The first-order valence-corrected chi connectivity index (χ1v) is 11.0. The van der Waals surface area contributed by atoms with Gasteiger partial charge in [0.25, 0.3) is 5.91 Å². The van der Waals surface area contributed by atoms with Crippen molar-refractivity contribution in [3.05, 3.63) is 84.3 Å². The highest BCUT2D eigenvalue weighted by atomic mass is 19.4. The number of oxazole rings is 1. The first-order valence-electron chi connectivity index (χ1n) is 11.0. The van der Waals surface area contributed by atoms with Gasteiger partial charge in [0.1, 0.15) is 17.8 Å². The lowest BCUT2D eigenvalue weighted by molar-refractivity contribution is -0.274. The lowest BCUT2D eigenvalue weighted by atomic mass is 10.1. The van der Waals surface area contributed by atoms with Crippen LogP contribution in [0.5, 0.6) is 11.5 Å². The summed E-state index contributed by atoms with van der Waals surface area (Å²) >= 11 is 0. The van der Waals surface area contributed by atoms with Gasteiger partial charge in [0.15, 0.2) is 12.3 Å². The third kappa shape index (κ3) is 7.58. The lowest BCUT2D eigenvalue weighted by Gasteiger charge is -2.09. The predicted molar refractivity (Wildman–Crippen MR) is 121 cm³/mol. The van der Waals surface area contributed by atoms with E-state index in [0.717, 1.165) is 37.9 Å². The number of carbonyl (C=O) groups is 1. The Morgan fingerprint density at radius 2 is 1.78 bits per heavy atom. The summed E-state index contributed by atoms with van der Waals surface area (Å²) in [4.78, 5) is 16.4. The molecular weight excluding hydrogens is 479 g/mol. The summed E-state index contributed by atoms with van der Waals surface area (Å²) in [7, 11) is 0. The second-order valence-corrected chi connectivity index (χ2v) is 7.71. The highest BCUT2D eigenvalue weighted by molar-refractivity contribution is 6.02. The van der Waals surface area contributed by atoms with Crippen LogP contribution in [-0.2, 0) is 19.6 Å². The van der Waals surface area contributed by atoms with E-state index >= 15 is 0 Å². The Morgan fingerprint density at radius 3 is 2.47 bits per heavy atom. The number of hydrogen-bond acceptors (Lipinski definition) is 7. The molecule has 9 nitrogen and oxygen atoms in total. The summed E-state index contributed by atoms with van der Waals surface area (Å²) in [5.74, 6) is -0.141. The number of nitrogens with one attached hydrogen (secondary N) is 1. The molecule has 0 fully saturated rings. The van der Waals surface area contributed by atoms with E-state index in [0.29, 0.717) is 5.75 Å². The van der Waals surface area contributed by atoms with Crippen molar-refractivity contribution in [1.29, 1.82) is 0 Å². The molecule has 4 aromatic rings. The Morgan fingerprint density at radius 1 is 1.03 bits per heavy atom. The summed E-state index contributed by atoms with van der Waals surface area (Å²) in [5, 5.41) is 10.2. The summed E-state index contributed by atoms with van der Waals surface area (Å²) in [6.07, 6.45) is 2.85. The molecule has 36 heavy (non-hydrogen) atoms. The topological polar surface area (TPSA) is 104 Å². The Labute approximate surface area is 203 Å². The molecule has 0 unspecified atom stereocenters. The maximum absolute atomic E-state index is 12.3. The molecule has 188 valence electrons. The van der Waals surface area contributed by atoms with Gasteiger partial charge >= 0.3 is 6.36 Å². The Kier molecular flexibility index (Phi) is 7.83. The number of unbranched alkanes of at least 4 members (excludes halogenated alkanes) is 1. The zero-order valence-electron chi connectivity index (χ0n) is 18.9. The number of anilines is 1. The minimum atomic E-state index is -4.79. The number of aromatic nitrogens is 4. The fourth-order valence-electron chi connectivity index (χ4n) is 3.27. The van der Waals surface area contributed by atoms with Crippen molar-refractivity contribution in [1.82, 2.24) is 20.0 Å². The zero-order chi connectivity index (χ0) is 25.4. The number of aryl methyl sites for hydroxylation is 2. The van der Waals surface area contributed by atoms with Crippen LogP contribution >= 0.6 is 0 Å². The first kappa shape index (κ1) is 24.8. The quantitative estimate of drug-likeness (QED) is 0.288. The van der Waals surface area contributed by atoms with E-state index in [4.69, 9.17) is 9.15 Å². The number of ether oxygens (including phenoxy) is 2. The molecular formula is C24H22F3N5O4. The van der Waals surface area contributed by atoms with Gasteiger partial charge in [0.05, 0.1) is 6.20 Å². The lowest BCUT2D eigenvalue weighted by Crippen LogP contribution is -2.17. The molecule has 0 bridgehead atoms. The molecule has 0 atom stereocenters. The van der Waals surface area contributed by atoms with Crippen molar-refractivity contribution in [3.8, 4) is 11.5 Å². The van der Waals surface area contributed by atoms with Crippen molar-refractivity contribution < 1.29 is 31.9 Å². The van der Waals surface area contributed by atoms with Gasteiger partial charge < -0.3 is 19.2 Å². The highest BCUT2D eigenvalue weighted by Crippen LogP contribution is 2.24. The largest absolute Gasteiger partial charge is 0.573 e. The van der Waals surface area contributed by atoms with Gasteiger partial charge in [0, 0.05) is 18.4 Å². The second kappa shape index (κ2) is 11.4. The number of alkyl halides is 3. The van der Waals surface area contributed by atoms with Crippen LogP contribution in [0.3, 0.4) is 0 Å². The number of benzene rings is 2. The maximum atomic E-state index is 12.3. The number of halogens is 3. The third-order valence-electron chi connectivity index (χ3n) is 4.99. The van der Waals surface area contributed by atoms with E-state index in [1.165, 1.54) is 24.0 Å². The summed E-state index contributed by atoms with van der Waals surface area (Å²) in [6.45, 7) is 0.856. The van der Waals surface area contributed by atoms with Gasteiger partial charge in [-0.05, 0) is 61.2 Å². The second-order valence-electron chi connectivity index (χ2n) is 7.71. The summed E-state index contributed by atoms with van der Waals surface area (Å²) < 4.78 is 53.3. The van der Waals surface area contributed by atoms with Gasteiger partial charge in [-0.25, -0.2) is 4.98 Å². The molecule has 0 aliphatic rings. The fraction of sp³-hybridized carbons (Fsp3) is 0.250. The fourth-order valence-corrected chi connectivity index (χ4v) is 3.27. The smallest absolute Gasteiger partial charge is 0.484 e. The molecule has 4 rings (SSSR count). The molecule has 2 heterocycles. The standard InChI is InChI=1S/C24H22F3N5O4/c25-24(26,27)36-20-10-6-18(7-11-20)29-23(33)21-15-35-22(30-21)16-34-19-8-4-17(5-9-19)3-1-2-13-32-14-12-28-31-32/h4-12,14-15H,1-3,13,16H2,(H,29,33). The molecule has 0 spiro atoms. The van der Waals surface area contributed by atoms with E-state index in [1.54, 1.807) is 6.20 Å². The van der Waals surface area contributed by atoms with E-state index in [9.17, 15) is 18.0 Å². The average molecular weight is 501 g/mol. The number of carbonyl (C=O) groups excluding carboxylic acids is 1. The molecule has 0 saturated heterocycles. The molecule has 12 heteroatoms. The van der Waals surface area contributed by atoms with Crippen molar-refractivity contribution >= 4 is 11.6 Å². The number of nitrogens with zero attached hydrogens (tertiary/aromatic N) is 4. The van der Waals surface area contributed by atoms with Crippen LogP contribution in [0.4, 0.5) is 18.9 Å². The van der Waals surface area contributed by atoms with Crippen molar-refractivity contribution in [2.45, 2.75) is 38.8 Å². The van der Waals surface area contributed by atoms with Crippen LogP contribution in [0.25, 0.3) is 0 Å². The van der Waals surface area contributed by atoms with Gasteiger partial charge in [-0.3, -0.25) is 9.48 Å². The first-order chi connectivity index (χ1) is 17.3. The SMILES string of the molecule is O=C(Nc1ccc(OC(F)(F)F)cc1)c1coc(COc2ccc(CCCCn3ccnn3)cc2)n1. The monoisotopic (exact) mass is 501 g/mol. The summed E-state index contributed by atoms with van der Waals surface area (Å²) in [5.41, 5.74) is 1.47. The minimum absolute atomic E-state index is 0.00505. The van der Waals surface area contributed by atoms with Gasteiger partial charge in [-0.2, -0.15) is 0 Å². The molecule has 1 amide bonds. The van der Waals surface area contributed by atoms with Crippen LogP contribution in [0, 0.1) is 0 Å². The highest BCUT2D eigenvalue weighted by Gasteiger charge is 2.31. The van der Waals surface area contributed by atoms with Gasteiger partial charge in [0.2, 0.25) is 5.89 Å². The van der Waals surface area contributed by atoms with Crippen LogP contribution in [-0.4, -0.2) is 32.2 Å². The molecule has 0 saturated carbocycles. The average Bonchev–Trinajstić information content (AvgIpc) is 3.54. The van der Waals surface area contributed by atoms with Crippen molar-refractivity contribution in [3.63, 3.8) is 0 Å². The molecule has 0 radical (unpaired) electrons. The van der Waals surface area contributed by atoms with Gasteiger partial charge in [-0.1, -0.05) is 17.3 Å². The van der Waals surface area contributed by atoms with E-state index in [1.807, 2.05) is 35.1 Å². The molecule has 1 N–H and O–H groups in total. The van der Waals surface area contributed by atoms with Crippen LogP contribution in [0.1, 0.15) is 34.8 Å². The van der Waals surface area contributed by atoms with Crippen LogP contribution < -0.4 is 14.8 Å². The molecule has 2 aromatic heterocycles. The Balaban J connectivity index is 1.20. The van der Waals surface area contributed by atoms with Crippen LogP contribution in [0.2, 0.25) is 0 Å². The van der Waals surface area contributed by atoms with E-state index in [-0.39, 0.29) is 23.9 Å². The zero-order valence-corrected chi connectivity index (χ0v) is 18.9. The maximum Gasteiger partial charge on any atom is 0.573 e. The number of hydrogen-bond donors (Lipinski definition) is 1. The van der Waals surface area contributed by atoms with Crippen molar-refractivity contribution in [2.24, 2.45) is 0 Å². The Hall–Kier alpha value is -4.35. The number of rotatable bonds is 11. The molecule has 0 aliphatic heterocycles. The van der Waals surface area contributed by atoms with Crippen LogP contribution in [0.15, 0.2) is 71.6 Å². The number of amides is 1. The minimum Gasteiger partial charge on any atom is -0.484 e. The Bertz CT molecular complexity index is 1240. The predicted octanol–water partition coefficient (Wildman–Crippen LogP) is 5.02. The molecule has 2 aromatic carbocycles. The van der Waals surface area contributed by atoms with E-state index < -0.39 is 18.0 Å². The van der Waals surface area contributed by atoms with E-state index in [2.05, 4.69) is 25.3 Å². The third-order valence-corrected chi connectivity index (χ3v) is 4.99. The summed E-state index contributed by atoms with van der Waals surface area (Å²) in [6, 6.07) is 12.4. The van der Waals surface area contributed by atoms with Crippen molar-refractivity contribution in [2.75, 3.05) is 5.32 Å². The molecule has 0 aliphatic carbocycles. The normalized spacial score (nSPS) is 11.3.